The molecule has 264 valence electrons. The van der Waals surface area contributed by atoms with Crippen LogP contribution in [-0.2, 0) is 4.79 Å². The first-order valence-electron chi connectivity index (χ1n) is 17.2. The monoisotopic (exact) mass is 673 g/mol. The Morgan fingerprint density at radius 2 is 1.69 bits per heavy atom. The number of imidazole rings is 1. The molecule has 9 N–H and O–H groups in total. The van der Waals surface area contributed by atoms with Crippen LogP contribution in [-0.4, -0.2) is 80.3 Å². The van der Waals surface area contributed by atoms with E-state index in [1.807, 2.05) is 82.4 Å². The number of unbranched alkanes of at least 4 members (excludes halogenated alkanes) is 1. The van der Waals surface area contributed by atoms with Crippen molar-refractivity contribution in [3.63, 3.8) is 0 Å². The summed E-state index contributed by atoms with van der Waals surface area (Å²) >= 11 is 0. The van der Waals surface area contributed by atoms with Crippen LogP contribution in [0.2, 0.25) is 0 Å². The fourth-order valence-corrected chi connectivity index (χ4v) is 6.93. The van der Waals surface area contributed by atoms with E-state index in [0.717, 1.165) is 27.5 Å². The summed E-state index contributed by atoms with van der Waals surface area (Å²) in [6.07, 6.45) is 4.12. The van der Waals surface area contributed by atoms with Crippen molar-refractivity contribution in [1.82, 2.24) is 30.1 Å². The standard InChI is InChI=1S/C36H51N9O4/c1-22(25-21-40-26-12-6-5-11-24(25)26)30(32(47)41-28(31(46)36(2,3)4)14-9-10-18-39-33(37)38)43-34(48)44-19-16-23(17-20-44)45-29-15-8-7-13-27(29)42-35(45)49/h5-8,11-13,15,21-23,28,30-31,40,46H,9-10,14,16-20H2,1-4H3,(H,41,47)(H,42,49)(H,43,48)(H4,37,38,39)/t22-,28?,30+,31-/m0/s1. The van der Waals surface area contributed by atoms with Gasteiger partial charge in [-0.15, -0.1) is 0 Å². The molecule has 1 unspecified atom stereocenters. The van der Waals surface area contributed by atoms with Gasteiger partial charge in [0.25, 0.3) is 0 Å². The molecule has 0 spiro atoms. The van der Waals surface area contributed by atoms with Crippen molar-refractivity contribution in [1.29, 1.82) is 0 Å². The molecule has 5 rings (SSSR count). The van der Waals surface area contributed by atoms with Crippen LogP contribution in [0.4, 0.5) is 4.79 Å². The second-order valence-corrected chi connectivity index (χ2v) is 14.3. The van der Waals surface area contributed by atoms with Crippen molar-refractivity contribution in [2.24, 2.45) is 21.9 Å². The third-order valence-corrected chi connectivity index (χ3v) is 9.73. The Balaban J connectivity index is 1.34. The fraction of sp³-hybridized carbons (Fsp3) is 0.500. The molecule has 2 aromatic heterocycles. The van der Waals surface area contributed by atoms with Crippen LogP contribution < -0.4 is 27.8 Å². The first-order valence-corrected chi connectivity index (χ1v) is 17.2. The van der Waals surface area contributed by atoms with Crippen LogP contribution in [0, 0.1) is 5.41 Å². The fourth-order valence-electron chi connectivity index (χ4n) is 6.93. The maximum Gasteiger partial charge on any atom is 0.326 e. The van der Waals surface area contributed by atoms with Crippen LogP contribution in [0.5, 0.6) is 0 Å². The SMILES string of the molecule is C[C@@H](c1c[nH]c2ccccc12)[C@@H](NC(=O)N1CCC(n2c(=O)[nH]c3ccccc32)CC1)C(=O)NC(CCCCN=C(N)N)[C@H](O)C(C)(C)C. The molecule has 0 aliphatic carbocycles. The number of carbonyl (C=O) groups excluding carboxylic acids is 2. The molecule has 4 aromatic rings. The number of nitrogens with two attached hydrogens (primary N) is 2. The van der Waals surface area contributed by atoms with Crippen molar-refractivity contribution in [2.75, 3.05) is 19.6 Å². The number of nitrogens with zero attached hydrogens (tertiary/aromatic N) is 3. The number of hydrogen-bond acceptors (Lipinski definition) is 5. The van der Waals surface area contributed by atoms with E-state index < -0.39 is 29.5 Å². The molecule has 49 heavy (non-hydrogen) atoms. The van der Waals surface area contributed by atoms with Crippen molar-refractivity contribution >= 4 is 39.8 Å². The van der Waals surface area contributed by atoms with E-state index in [-0.39, 0.29) is 29.6 Å². The first-order chi connectivity index (χ1) is 23.3. The van der Waals surface area contributed by atoms with Gasteiger partial charge in [-0.25, -0.2) is 9.59 Å². The molecule has 0 bridgehead atoms. The number of rotatable bonds is 12. The minimum atomic E-state index is -0.933. The largest absolute Gasteiger partial charge is 0.390 e. The highest BCUT2D eigenvalue weighted by atomic mass is 16.3. The first kappa shape index (κ1) is 35.5. The van der Waals surface area contributed by atoms with Crippen molar-refractivity contribution < 1.29 is 14.7 Å². The van der Waals surface area contributed by atoms with Crippen LogP contribution in [0.1, 0.15) is 77.3 Å². The summed E-state index contributed by atoms with van der Waals surface area (Å²) in [6.45, 7) is 9.03. The van der Waals surface area contributed by atoms with Gasteiger partial charge in [-0.2, -0.15) is 0 Å². The normalized spacial score (nSPS) is 16.6. The van der Waals surface area contributed by atoms with Gasteiger partial charge in [0.1, 0.15) is 6.04 Å². The Bertz CT molecular complexity index is 1820. The molecule has 1 saturated heterocycles. The van der Waals surface area contributed by atoms with E-state index in [4.69, 9.17) is 11.5 Å². The number of guanidine groups is 1. The molecule has 1 aliphatic heterocycles. The number of aliphatic imine (C=N–C) groups is 1. The molecule has 13 heteroatoms. The predicted molar refractivity (Wildman–Crippen MR) is 193 cm³/mol. The van der Waals surface area contributed by atoms with Crippen LogP contribution >= 0.6 is 0 Å². The summed E-state index contributed by atoms with van der Waals surface area (Å²) in [5.41, 5.74) is 13.7. The van der Waals surface area contributed by atoms with Crippen LogP contribution in [0.15, 0.2) is 64.5 Å². The molecule has 0 saturated carbocycles. The second-order valence-electron chi connectivity index (χ2n) is 14.3. The number of hydrogen-bond donors (Lipinski definition) is 7. The number of amides is 3. The number of benzene rings is 2. The summed E-state index contributed by atoms with van der Waals surface area (Å²) in [6, 6.07) is 13.6. The molecule has 13 nitrogen and oxygen atoms in total. The van der Waals surface area contributed by atoms with E-state index in [0.29, 0.717) is 51.7 Å². The van der Waals surface area contributed by atoms with Crippen LogP contribution in [0.25, 0.3) is 21.9 Å². The van der Waals surface area contributed by atoms with Crippen molar-refractivity contribution in [3.8, 4) is 0 Å². The zero-order chi connectivity index (χ0) is 35.3. The highest BCUT2D eigenvalue weighted by Crippen LogP contribution is 2.30. The lowest BCUT2D eigenvalue weighted by Gasteiger charge is -2.36. The summed E-state index contributed by atoms with van der Waals surface area (Å²) < 4.78 is 1.79. The molecule has 1 fully saturated rings. The van der Waals surface area contributed by atoms with Gasteiger partial charge in [0.05, 0.1) is 23.2 Å². The highest BCUT2D eigenvalue weighted by Gasteiger charge is 2.37. The summed E-state index contributed by atoms with van der Waals surface area (Å²) in [5, 5.41) is 18.5. The number of aliphatic hydroxyl groups excluding tert-OH is 1. The van der Waals surface area contributed by atoms with Gasteiger partial charge in [0, 0.05) is 48.7 Å². The molecular weight excluding hydrogens is 622 g/mol. The van der Waals surface area contributed by atoms with E-state index in [9.17, 15) is 19.5 Å². The minimum absolute atomic E-state index is 0.0283. The van der Waals surface area contributed by atoms with E-state index in [2.05, 4.69) is 25.6 Å². The highest BCUT2D eigenvalue weighted by molar-refractivity contribution is 5.90. The van der Waals surface area contributed by atoms with Gasteiger partial charge in [-0.3, -0.25) is 14.4 Å². The molecule has 3 heterocycles. The lowest BCUT2D eigenvalue weighted by atomic mass is 9.82. The van der Waals surface area contributed by atoms with Crippen molar-refractivity contribution in [3.05, 3.63) is 70.8 Å². The number of likely N-dealkylation sites (tertiary alicyclic amines) is 1. The predicted octanol–water partition coefficient (Wildman–Crippen LogP) is 3.67. The lowest BCUT2D eigenvalue weighted by Crippen LogP contribution is -2.58. The quantitative estimate of drug-likeness (QED) is 0.0680. The third-order valence-electron chi connectivity index (χ3n) is 9.73. The summed E-state index contributed by atoms with van der Waals surface area (Å²) in [4.78, 5) is 52.9. The van der Waals surface area contributed by atoms with Gasteiger partial charge in [-0.1, -0.05) is 58.0 Å². The maximum atomic E-state index is 14.3. The molecular formula is C36H51N9O4. The van der Waals surface area contributed by atoms with Gasteiger partial charge < -0.3 is 42.1 Å². The number of urea groups is 1. The number of nitrogens with one attached hydrogen (secondary N) is 4. The molecule has 0 radical (unpaired) electrons. The lowest BCUT2D eigenvalue weighted by molar-refractivity contribution is -0.125. The Morgan fingerprint density at radius 1 is 1.02 bits per heavy atom. The Hall–Kier alpha value is -4.78. The Kier molecular flexibility index (Phi) is 11.0. The Labute approximate surface area is 286 Å². The number of fused-ring (bicyclic) bond motifs is 2. The zero-order valence-electron chi connectivity index (χ0n) is 28.9. The molecule has 1 aliphatic rings. The number of aromatic amines is 2. The second kappa shape index (κ2) is 15.2. The average molecular weight is 674 g/mol. The summed E-state index contributed by atoms with van der Waals surface area (Å²) in [7, 11) is 0. The van der Waals surface area contributed by atoms with Gasteiger partial charge in [0.15, 0.2) is 5.96 Å². The van der Waals surface area contributed by atoms with Crippen LogP contribution in [0.3, 0.4) is 0 Å². The van der Waals surface area contributed by atoms with Crippen molar-refractivity contribution in [2.45, 2.75) is 89.9 Å². The van der Waals surface area contributed by atoms with E-state index in [1.54, 1.807) is 9.47 Å². The van der Waals surface area contributed by atoms with Gasteiger partial charge >= 0.3 is 11.7 Å². The summed E-state index contributed by atoms with van der Waals surface area (Å²) in [5.74, 6) is -0.749. The smallest absolute Gasteiger partial charge is 0.326 e. The number of carbonyl (C=O) groups is 2. The third kappa shape index (κ3) is 8.27. The topological polar surface area (TPSA) is 200 Å². The number of H-pyrrole nitrogens is 2. The molecule has 4 atom stereocenters. The molecule has 3 amide bonds. The number of para-hydroxylation sites is 3. The average Bonchev–Trinajstić information content (AvgIpc) is 3.65. The Morgan fingerprint density at radius 3 is 2.39 bits per heavy atom. The number of aliphatic hydroxyl groups is 1. The van der Waals surface area contributed by atoms with E-state index in [1.165, 1.54) is 0 Å². The van der Waals surface area contributed by atoms with Gasteiger partial charge in [0.2, 0.25) is 5.91 Å². The molecule has 2 aromatic carbocycles. The maximum absolute atomic E-state index is 14.3. The zero-order valence-corrected chi connectivity index (χ0v) is 28.9. The van der Waals surface area contributed by atoms with E-state index >= 15 is 0 Å². The number of piperidine rings is 1. The number of aromatic nitrogens is 3. The minimum Gasteiger partial charge on any atom is -0.390 e. The van der Waals surface area contributed by atoms with Gasteiger partial charge in [-0.05, 0) is 61.3 Å².